The van der Waals surface area contributed by atoms with Gasteiger partial charge in [-0.05, 0) is 59.0 Å². The van der Waals surface area contributed by atoms with Gasteiger partial charge in [0.15, 0.2) is 5.75 Å². The number of anilines is 2. The molecule has 4 rings (SSSR count). The van der Waals surface area contributed by atoms with Gasteiger partial charge in [0.25, 0.3) is 11.6 Å². The topological polar surface area (TPSA) is 72.7 Å². The molecule has 0 radical (unpaired) electrons. The molecule has 1 amide bonds. The average Bonchev–Trinajstić information content (AvgIpc) is 2.76. The standard InChI is InChI=1S/C19H10FIN2O4/c20-14-9-11(21)5-7-15(14)22-16-8-6-12(23(25)26)10-18(16)27-17-4-2-1-3-13(17)19(22)24/h1-10H. The Labute approximate surface area is 166 Å². The Bertz CT molecular complexity index is 1100. The Kier molecular flexibility index (Phi) is 4.27. The van der Waals surface area contributed by atoms with Crippen LogP contribution in [0.5, 0.6) is 11.5 Å². The van der Waals surface area contributed by atoms with Gasteiger partial charge in [-0.25, -0.2) is 4.39 Å². The van der Waals surface area contributed by atoms with Crippen molar-refractivity contribution in [3.8, 4) is 11.5 Å². The molecule has 3 aromatic rings. The molecule has 0 bridgehead atoms. The van der Waals surface area contributed by atoms with Gasteiger partial charge in [-0.1, -0.05) is 12.1 Å². The van der Waals surface area contributed by atoms with Gasteiger partial charge >= 0.3 is 0 Å². The van der Waals surface area contributed by atoms with Crippen molar-refractivity contribution in [1.29, 1.82) is 0 Å². The first-order valence-corrected chi connectivity index (χ1v) is 8.88. The quantitative estimate of drug-likeness (QED) is 0.281. The Morgan fingerprint density at radius 3 is 2.48 bits per heavy atom. The molecule has 1 heterocycles. The summed E-state index contributed by atoms with van der Waals surface area (Å²) in [7, 11) is 0. The predicted molar refractivity (Wildman–Crippen MR) is 105 cm³/mol. The Balaban J connectivity index is 1.99. The number of nitro benzene ring substituents is 1. The van der Waals surface area contributed by atoms with Crippen LogP contribution in [0, 0.1) is 19.5 Å². The minimum atomic E-state index is -0.584. The first-order valence-electron chi connectivity index (χ1n) is 7.80. The third-order valence-electron chi connectivity index (χ3n) is 4.09. The number of ether oxygens (including phenoxy) is 1. The summed E-state index contributed by atoms with van der Waals surface area (Å²) in [5.74, 6) is -0.727. The first-order chi connectivity index (χ1) is 13.0. The van der Waals surface area contributed by atoms with Crippen molar-refractivity contribution in [3.63, 3.8) is 0 Å². The number of nitrogens with zero attached hydrogens (tertiary/aromatic N) is 2. The third-order valence-corrected chi connectivity index (χ3v) is 4.76. The minimum Gasteiger partial charge on any atom is -0.454 e. The summed E-state index contributed by atoms with van der Waals surface area (Å²) in [5.41, 5.74) is 0.302. The molecule has 0 spiro atoms. The Hall–Kier alpha value is -3.01. The van der Waals surface area contributed by atoms with Crippen molar-refractivity contribution in [1.82, 2.24) is 0 Å². The van der Waals surface area contributed by atoms with E-state index in [-0.39, 0.29) is 34.1 Å². The van der Waals surface area contributed by atoms with Crippen LogP contribution in [0.2, 0.25) is 0 Å². The normalized spacial score (nSPS) is 12.7. The molecule has 1 aliphatic rings. The maximum absolute atomic E-state index is 14.7. The molecule has 3 aromatic carbocycles. The molecule has 8 heteroatoms. The number of carbonyl (C=O) groups is 1. The largest absolute Gasteiger partial charge is 0.454 e. The Morgan fingerprint density at radius 2 is 1.74 bits per heavy atom. The van der Waals surface area contributed by atoms with Gasteiger partial charge in [0.05, 0.1) is 27.9 Å². The SMILES string of the molecule is O=C1c2ccccc2Oc2cc([N+](=O)[O-])ccc2N1c1ccc(I)cc1F. The summed E-state index contributed by atoms with van der Waals surface area (Å²) in [6.45, 7) is 0. The molecule has 0 unspecified atom stereocenters. The van der Waals surface area contributed by atoms with Crippen LogP contribution in [-0.2, 0) is 0 Å². The number of para-hydroxylation sites is 1. The lowest BCUT2D eigenvalue weighted by Crippen LogP contribution is -2.26. The lowest BCUT2D eigenvalue weighted by atomic mass is 10.1. The van der Waals surface area contributed by atoms with Gasteiger partial charge in [0, 0.05) is 9.64 Å². The lowest BCUT2D eigenvalue weighted by molar-refractivity contribution is -0.384. The number of non-ortho nitro benzene ring substituents is 1. The Morgan fingerprint density at radius 1 is 1.00 bits per heavy atom. The molecule has 134 valence electrons. The third kappa shape index (κ3) is 3.01. The monoisotopic (exact) mass is 476 g/mol. The second kappa shape index (κ2) is 6.62. The highest BCUT2D eigenvalue weighted by Crippen LogP contribution is 2.44. The van der Waals surface area contributed by atoms with Crippen LogP contribution in [0.25, 0.3) is 0 Å². The van der Waals surface area contributed by atoms with Crippen LogP contribution < -0.4 is 9.64 Å². The van der Waals surface area contributed by atoms with E-state index < -0.39 is 16.6 Å². The number of nitro groups is 1. The van der Waals surface area contributed by atoms with Crippen LogP contribution in [-0.4, -0.2) is 10.8 Å². The number of halogens is 2. The van der Waals surface area contributed by atoms with Crippen LogP contribution in [0.1, 0.15) is 10.4 Å². The van der Waals surface area contributed by atoms with Crippen molar-refractivity contribution >= 4 is 45.6 Å². The van der Waals surface area contributed by atoms with Gasteiger partial charge < -0.3 is 4.74 Å². The molecule has 0 aliphatic carbocycles. The van der Waals surface area contributed by atoms with Crippen LogP contribution in [0.3, 0.4) is 0 Å². The van der Waals surface area contributed by atoms with E-state index >= 15 is 0 Å². The van der Waals surface area contributed by atoms with E-state index in [1.54, 1.807) is 30.3 Å². The van der Waals surface area contributed by atoms with Crippen LogP contribution >= 0.6 is 22.6 Å². The number of fused-ring (bicyclic) bond motifs is 2. The molecular weight excluding hydrogens is 466 g/mol. The predicted octanol–water partition coefficient (Wildman–Crippen LogP) is 5.42. The molecule has 1 aliphatic heterocycles. The van der Waals surface area contributed by atoms with Crippen molar-refractivity contribution < 1.29 is 18.8 Å². The zero-order valence-corrected chi connectivity index (χ0v) is 15.7. The number of hydrogen-bond acceptors (Lipinski definition) is 4. The van der Waals surface area contributed by atoms with Gasteiger partial charge in [0.2, 0.25) is 0 Å². The van der Waals surface area contributed by atoms with Crippen LogP contribution in [0.15, 0.2) is 60.7 Å². The molecule has 0 saturated carbocycles. The fraction of sp³-hybridized carbons (Fsp3) is 0. The van der Waals surface area contributed by atoms with Gasteiger partial charge in [-0.3, -0.25) is 19.8 Å². The lowest BCUT2D eigenvalue weighted by Gasteiger charge is -2.22. The molecular formula is C19H10FIN2O4. The van der Waals surface area contributed by atoms with Crippen molar-refractivity contribution in [2.45, 2.75) is 0 Å². The van der Waals surface area contributed by atoms with Crippen molar-refractivity contribution in [2.75, 3.05) is 4.90 Å². The zero-order valence-electron chi connectivity index (χ0n) is 13.6. The summed E-state index contributed by atoms with van der Waals surface area (Å²) < 4.78 is 21.1. The van der Waals surface area contributed by atoms with E-state index in [2.05, 4.69) is 0 Å². The molecule has 0 N–H and O–H groups in total. The molecule has 0 saturated heterocycles. The zero-order chi connectivity index (χ0) is 19.1. The average molecular weight is 476 g/mol. The van der Waals surface area contributed by atoms with E-state index in [9.17, 15) is 19.3 Å². The maximum atomic E-state index is 14.7. The highest BCUT2D eigenvalue weighted by Gasteiger charge is 2.32. The smallest absolute Gasteiger partial charge is 0.273 e. The molecule has 0 aromatic heterocycles. The summed E-state index contributed by atoms with van der Waals surface area (Å²) in [5, 5.41) is 11.1. The van der Waals surface area contributed by atoms with E-state index in [1.807, 2.05) is 22.6 Å². The fourth-order valence-electron chi connectivity index (χ4n) is 2.87. The number of carbonyl (C=O) groups excluding carboxylic acids is 1. The minimum absolute atomic E-state index is 0.0378. The van der Waals surface area contributed by atoms with Gasteiger partial charge in [-0.15, -0.1) is 0 Å². The number of amides is 1. The molecule has 0 fully saturated rings. The summed E-state index contributed by atoms with van der Waals surface area (Å²) >= 11 is 1.97. The van der Waals surface area contributed by atoms with E-state index in [4.69, 9.17) is 4.74 Å². The molecule has 0 atom stereocenters. The highest BCUT2D eigenvalue weighted by molar-refractivity contribution is 14.1. The fourth-order valence-corrected chi connectivity index (χ4v) is 3.32. The molecule has 27 heavy (non-hydrogen) atoms. The second-order valence-electron chi connectivity index (χ2n) is 5.74. The van der Waals surface area contributed by atoms with E-state index in [1.165, 1.54) is 35.2 Å². The maximum Gasteiger partial charge on any atom is 0.273 e. The summed E-state index contributed by atoms with van der Waals surface area (Å²) in [4.78, 5) is 25.0. The molecule has 6 nitrogen and oxygen atoms in total. The highest BCUT2D eigenvalue weighted by atomic mass is 127. The number of benzene rings is 3. The number of rotatable bonds is 2. The van der Waals surface area contributed by atoms with E-state index in [0.717, 1.165) is 0 Å². The van der Waals surface area contributed by atoms with Crippen molar-refractivity contribution in [3.05, 3.63) is 85.7 Å². The van der Waals surface area contributed by atoms with E-state index in [0.29, 0.717) is 3.57 Å². The van der Waals surface area contributed by atoms with Crippen molar-refractivity contribution in [2.24, 2.45) is 0 Å². The van der Waals surface area contributed by atoms with Crippen LogP contribution in [0.4, 0.5) is 21.5 Å². The number of hydrogen-bond donors (Lipinski definition) is 0. The second-order valence-corrected chi connectivity index (χ2v) is 6.99. The first kappa shape index (κ1) is 17.4. The van der Waals surface area contributed by atoms with Gasteiger partial charge in [-0.2, -0.15) is 0 Å². The van der Waals surface area contributed by atoms with Gasteiger partial charge in [0.1, 0.15) is 11.6 Å². The summed E-state index contributed by atoms with van der Waals surface area (Å²) in [6.07, 6.45) is 0. The summed E-state index contributed by atoms with van der Waals surface area (Å²) in [6, 6.07) is 14.8.